The van der Waals surface area contributed by atoms with Crippen LogP contribution in [0.3, 0.4) is 0 Å². The van der Waals surface area contributed by atoms with Crippen molar-refractivity contribution in [3.8, 4) is 11.5 Å². The lowest BCUT2D eigenvalue weighted by atomic mass is 9.68. The zero-order chi connectivity index (χ0) is 34.4. The van der Waals surface area contributed by atoms with E-state index in [0.29, 0.717) is 38.3 Å². The number of hydrogen-bond acceptors (Lipinski definition) is 8. The lowest BCUT2D eigenvalue weighted by Gasteiger charge is -2.43. The number of thioether (sulfide) groups is 1. The first-order chi connectivity index (χ1) is 23.4. The minimum atomic E-state index is -4.77. The molecule has 6 unspecified atom stereocenters. The highest BCUT2D eigenvalue weighted by Gasteiger charge is 2.70. The van der Waals surface area contributed by atoms with Crippen molar-refractivity contribution in [2.24, 2.45) is 29.6 Å². The number of halogens is 4. The van der Waals surface area contributed by atoms with Gasteiger partial charge in [-0.05, 0) is 78.8 Å². The van der Waals surface area contributed by atoms with Crippen LogP contribution in [0.4, 0.5) is 24.5 Å². The molecule has 4 aliphatic rings. The number of rotatable bonds is 6. The molecule has 3 aromatic carbocycles. The number of hydrogen-bond donors (Lipinski definition) is 3. The number of phenolic OH excluding ortho intramolecular Hbond substituents is 1. The number of nitrogens with zero attached hydrogens (tertiary/aromatic N) is 1. The van der Waals surface area contributed by atoms with Crippen LogP contribution in [0.2, 0.25) is 5.02 Å². The summed E-state index contributed by atoms with van der Waals surface area (Å²) in [7, 11) is 0. The largest absolute Gasteiger partial charge is 0.508 e. The van der Waals surface area contributed by atoms with Crippen LogP contribution in [0.5, 0.6) is 11.5 Å². The van der Waals surface area contributed by atoms with E-state index in [-0.39, 0.29) is 40.2 Å². The smallest absolute Gasteiger partial charge is 0.418 e. The van der Waals surface area contributed by atoms with Gasteiger partial charge in [-0.25, -0.2) is 4.90 Å². The number of phenols is 1. The number of fused-ring (bicyclic) bond motifs is 9. The Hall–Kier alpha value is -4.27. The van der Waals surface area contributed by atoms with Crippen molar-refractivity contribution < 1.29 is 37.4 Å². The zero-order valence-electron chi connectivity index (χ0n) is 25.1. The summed E-state index contributed by atoms with van der Waals surface area (Å²) in [5.41, 5.74) is -0.471. The van der Waals surface area contributed by atoms with Gasteiger partial charge in [-0.15, -0.1) is 11.8 Å². The molecule has 1 aromatic heterocycles. The van der Waals surface area contributed by atoms with E-state index in [0.717, 1.165) is 28.4 Å². The first-order valence-corrected chi connectivity index (χ1v) is 17.4. The molecule has 49 heavy (non-hydrogen) atoms. The van der Waals surface area contributed by atoms with Crippen LogP contribution in [0.15, 0.2) is 76.6 Å². The summed E-state index contributed by atoms with van der Waals surface area (Å²) in [4.78, 5) is 57.6. The number of imide groups is 1. The number of anilines is 2. The normalized spacial score (nSPS) is 26.8. The highest BCUT2D eigenvalue weighted by atomic mass is 35.5. The highest BCUT2D eigenvalue weighted by molar-refractivity contribution is 8.00. The minimum absolute atomic E-state index is 0.0462. The van der Waals surface area contributed by atoms with Crippen LogP contribution in [-0.2, 0) is 20.6 Å². The summed E-state index contributed by atoms with van der Waals surface area (Å²) in [5.74, 6) is -4.52. The van der Waals surface area contributed by atoms with Gasteiger partial charge < -0.3 is 20.1 Å². The van der Waals surface area contributed by atoms with Crippen molar-refractivity contribution >= 4 is 63.8 Å². The average Bonchev–Trinajstić information content (AvgIpc) is 3.80. The van der Waals surface area contributed by atoms with Gasteiger partial charge in [0.05, 0.1) is 28.1 Å². The third-order valence-corrected chi connectivity index (χ3v) is 12.8. The monoisotopic (exact) mass is 727 g/mol. The van der Waals surface area contributed by atoms with E-state index in [1.165, 1.54) is 48.2 Å². The predicted octanol–water partition coefficient (Wildman–Crippen LogP) is 6.51. The van der Waals surface area contributed by atoms with E-state index in [1.54, 1.807) is 18.2 Å². The maximum atomic E-state index is 14.1. The van der Waals surface area contributed by atoms with Gasteiger partial charge in [0, 0.05) is 32.3 Å². The Kier molecular flexibility index (Phi) is 7.61. The molecule has 252 valence electrons. The first kappa shape index (κ1) is 32.0. The SMILES string of the molecule is O=C(COc1ccc(Cl)cc1[C@H]1c2sc(=O)[nH]c2SC2C3CC(C4C(=O)N(c5ccccc5C(F)(F)F)C(=O)C34)C21)Nc1ccc(O)cc1. The molecule has 3 fully saturated rings. The molecule has 2 bridgehead atoms. The number of aromatic hydroxyl groups is 1. The summed E-state index contributed by atoms with van der Waals surface area (Å²) in [6.45, 7) is -0.376. The molecule has 1 saturated heterocycles. The lowest BCUT2D eigenvalue weighted by Crippen LogP contribution is -2.42. The Balaban J connectivity index is 1.15. The molecule has 4 aromatic rings. The number of thiazole rings is 1. The second-order valence-electron chi connectivity index (χ2n) is 12.6. The molecule has 7 atom stereocenters. The molecular formula is C34H25ClF3N3O6S2. The second kappa shape index (κ2) is 11.7. The maximum Gasteiger partial charge on any atom is 0.418 e. The molecule has 0 radical (unpaired) electrons. The first-order valence-electron chi connectivity index (χ1n) is 15.4. The van der Waals surface area contributed by atoms with E-state index in [4.69, 9.17) is 16.3 Å². The number of amides is 3. The van der Waals surface area contributed by atoms with Crippen LogP contribution < -0.4 is 19.8 Å². The number of alkyl halides is 3. The number of aromatic nitrogens is 1. The summed E-state index contributed by atoms with van der Waals surface area (Å²) < 4.78 is 48.1. The quantitative estimate of drug-likeness (QED) is 0.153. The molecular weight excluding hydrogens is 703 g/mol. The molecule has 2 aliphatic carbocycles. The van der Waals surface area contributed by atoms with E-state index >= 15 is 0 Å². The fourth-order valence-corrected chi connectivity index (χ4v) is 11.4. The molecule has 3 heterocycles. The summed E-state index contributed by atoms with van der Waals surface area (Å²) in [6, 6.07) is 15.5. The van der Waals surface area contributed by atoms with Crippen LogP contribution in [0, 0.1) is 29.6 Å². The van der Waals surface area contributed by atoms with Crippen molar-refractivity contribution in [1.82, 2.24) is 4.98 Å². The van der Waals surface area contributed by atoms with Crippen molar-refractivity contribution in [3.05, 3.63) is 97.4 Å². The van der Waals surface area contributed by atoms with Crippen LogP contribution >= 0.6 is 34.7 Å². The van der Waals surface area contributed by atoms with Crippen molar-refractivity contribution in [2.75, 3.05) is 16.8 Å². The fraction of sp³-hybridized carbons (Fsp3) is 0.294. The highest BCUT2D eigenvalue weighted by Crippen LogP contribution is 2.69. The van der Waals surface area contributed by atoms with Gasteiger partial charge in [-0.2, -0.15) is 13.2 Å². The molecule has 3 amide bonds. The number of nitrogens with one attached hydrogen (secondary N) is 2. The van der Waals surface area contributed by atoms with Gasteiger partial charge in [0.25, 0.3) is 5.91 Å². The predicted molar refractivity (Wildman–Crippen MR) is 176 cm³/mol. The van der Waals surface area contributed by atoms with Gasteiger partial charge in [0.1, 0.15) is 11.5 Å². The molecule has 2 saturated carbocycles. The number of H-pyrrole nitrogens is 1. The average molecular weight is 728 g/mol. The fourth-order valence-electron chi connectivity index (χ4n) is 8.29. The third-order valence-electron chi connectivity index (χ3n) is 9.99. The Morgan fingerprint density at radius 2 is 1.73 bits per heavy atom. The Morgan fingerprint density at radius 3 is 2.47 bits per heavy atom. The summed E-state index contributed by atoms with van der Waals surface area (Å²) >= 11 is 8.98. The Bertz CT molecular complexity index is 2090. The topological polar surface area (TPSA) is 129 Å². The standard InChI is InChI=1S/C34H25ClF3N3O6S2/c35-14-5-10-22(47-13-23(43)39-15-6-8-16(42)9-7-15)17(11-14)24-25-18-12-19(28(25)48-30-29(24)49-33(46)40-30)27-26(18)31(44)41(32(27)45)21-4-2-1-3-20(21)34(36,37)38/h1-11,18-19,24-28,42H,12-13H2,(H,39,43)(H,40,46)/t18?,19?,24-,25?,26?,27?,28?/m1/s1. The van der Waals surface area contributed by atoms with Gasteiger partial charge in [-0.3, -0.25) is 19.2 Å². The van der Waals surface area contributed by atoms with E-state index in [9.17, 15) is 37.5 Å². The van der Waals surface area contributed by atoms with Crippen molar-refractivity contribution in [1.29, 1.82) is 0 Å². The van der Waals surface area contributed by atoms with E-state index < -0.39 is 52.9 Å². The maximum absolute atomic E-state index is 14.1. The van der Waals surface area contributed by atoms with Crippen molar-refractivity contribution in [2.45, 2.75) is 28.8 Å². The number of carbonyl (C=O) groups is 3. The molecule has 15 heteroatoms. The molecule has 3 N–H and O–H groups in total. The molecule has 9 nitrogen and oxygen atoms in total. The minimum Gasteiger partial charge on any atom is -0.508 e. The number of aromatic amines is 1. The number of ether oxygens (including phenoxy) is 1. The molecule has 0 spiro atoms. The summed E-state index contributed by atoms with van der Waals surface area (Å²) in [6.07, 6.45) is -4.25. The molecule has 2 aliphatic heterocycles. The van der Waals surface area contributed by atoms with Gasteiger partial charge in [0.2, 0.25) is 11.8 Å². The van der Waals surface area contributed by atoms with Crippen LogP contribution in [0.1, 0.15) is 28.3 Å². The Labute approximate surface area is 289 Å². The number of carbonyl (C=O) groups excluding carboxylic acids is 3. The number of benzene rings is 3. The summed E-state index contributed by atoms with van der Waals surface area (Å²) in [5, 5.41) is 13.0. The van der Waals surface area contributed by atoms with Crippen molar-refractivity contribution in [3.63, 3.8) is 0 Å². The lowest BCUT2D eigenvalue weighted by molar-refractivity contribution is -0.137. The van der Waals surface area contributed by atoms with E-state index in [1.807, 2.05) is 0 Å². The van der Waals surface area contributed by atoms with Crippen LogP contribution in [-0.4, -0.2) is 39.7 Å². The third kappa shape index (κ3) is 5.22. The van der Waals surface area contributed by atoms with Gasteiger partial charge in [0.15, 0.2) is 6.61 Å². The second-order valence-corrected chi connectivity index (χ2v) is 15.2. The van der Waals surface area contributed by atoms with E-state index in [2.05, 4.69) is 10.3 Å². The van der Waals surface area contributed by atoms with Crippen LogP contribution in [0.25, 0.3) is 0 Å². The Morgan fingerprint density at radius 1 is 1.02 bits per heavy atom. The van der Waals surface area contributed by atoms with Gasteiger partial charge in [-0.1, -0.05) is 35.1 Å². The zero-order valence-corrected chi connectivity index (χ0v) is 27.5. The molecule has 8 rings (SSSR count). The number of para-hydroxylation sites is 1. The van der Waals surface area contributed by atoms with Gasteiger partial charge >= 0.3 is 11.0 Å².